The van der Waals surface area contributed by atoms with Crippen LogP contribution in [0.5, 0.6) is 0 Å². The third-order valence-electron chi connectivity index (χ3n) is 2.98. The number of benzene rings is 1. The monoisotopic (exact) mass is 287 g/mol. The van der Waals surface area contributed by atoms with Crippen LogP contribution in [0.4, 0.5) is 5.69 Å². The number of pyridine rings is 1. The molecule has 0 amide bonds. The first-order valence-corrected chi connectivity index (χ1v) is 6.15. The van der Waals surface area contributed by atoms with E-state index < -0.39 is 16.9 Å². The fraction of sp³-hybridized carbons (Fsp3) is 0.143. The summed E-state index contributed by atoms with van der Waals surface area (Å²) < 4.78 is 0. The van der Waals surface area contributed by atoms with E-state index in [2.05, 4.69) is 4.98 Å². The lowest BCUT2D eigenvalue weighted by Crippen LogP contribution is -2.32. The number of nitrogens with two attached hydrogens (primary N) is 1. The van der Waals surface area contributed by atoms with Crippen LogP contribution < -0.4 is 5.73 Å². The molecule has 108 valence electrons. The summed E-state index contributed by atoms with van der Waals surface area (Å²) in [6.07, 6.45) is 1.44. The van der Waals surface area contributed by atoms with Gasteiger partial charge in [-0.25, -0.2) is 4.98 Å². The van der Waals surface area contributed by atoms with Gasteiger partial charge in [0.25, 0.3) is 5.69 Å². The molecular formula is C14H13N3O4. The van der Waals surface area contributed by atoms with Crippen LogP contribution in [0, 0.1) is 10.1 Å². The number of nitro groups is 1. The topological polar surface area (TPSA) is 119 Å². The Balaban J connectivity index is 2.15. The lowest BCUT2D eigenvalue weighted by molar-refractivity contribution is -0.385. The molecule has 21 heavy (non-hydrogen) atoms. The molecule has 3 N–H and O–H groups in total. The Morgan fingerprint density at radius 1 is 1.29 bits per heavy atom. The zero-order valence-electron chi connectivity index (χ0n) is 11.0. The zero-order chi connectivity index (χ0) is 15.4. The highest BCUT2D eigenvalue weighted by molar-refractivity contribution is 5.73. The summed E-state index contributed by atoms with van der Waals surface area (Å²) in [6.45, 7) is 0. The first kappa shape index (κ1) is 14.6. The number of hydrogen-bond donors (Lipinski definition) is 2. The molecular weight excluding hydrogens is 274 g/mol. The number of rotatable bonds is 5. The van der Waals surface area contributed by atoms with Crippen LogP contribution in [0.2, 0.25) is 0 Å². The van der Waals surface area contributed by atoms with Crippen LogP contribution in [-0.2, 0) is 11.2 Å². The molecule has 0 bridgehead atoms. The maximum Gasteiger partial charge on any atom is 0.320 e. The Morgan fingerprint density at radius 3 is 2.43 bits per heavy atom. The van der Waals surface area contributed by atoms with Crippen molar-refractivity contribution in [3.8, 4) is 11.3 Å². The highest BCUT2D eigenvalue weighted by Gasteiger charge is 2.12. The van der Waals surface area contributed by atoms with Crippen molar-refractivity contribution >= 4 is 11.7 Å². The van der Waals surface area contributed by atoms with Crippen molar-refractivity contribution in [3.63, 3.8) is 0 Å². The molecule has 0 aliphatic rings. The molecule has 0 aliphatic heterocycles. The van der Waals surface area contributed by atoms with Gasteiger partial charge in [0.05, 0.1) is 10.6 Å². The SMILES string of the molecule is NC(Cc1ccc(-c2ccc([N+](=O)[O-])cn2)cc1)C(=O)O. The molecule has 0 saturated carbocycles. The highest BCUT2D eigenvalue weighted by atomic mass is 16.6. The molecule has 1 aromatic heterocycles. The molecule has 7 heteroatoms. The Kier molecular flexibility index (Phi) is 4.24. The van der Waals surface area contributed by atoms with E-state index in [1.807, 2.05) is 0 Å². The van der Waals surface area contributed by atoms with Crippen molar-refractivity contribution in [2.24, 2.45) is 5.73 Å². The molecule has 0 fully saturated rings. The summed E-state index contributed by atoms with van der Waals surface area (Å²) in [5, 5.41) is 19.3. The number of aliphatic carboxylic acids is 1. The molecule has 1 unspecified atom stereocenters. The summed E-state index contributed by atoms with van der Waals surface area (Å²) in [6, 6.07) is 9.10. The van der Waals surface area contributed by atoms with Crippen LogP contribution in [0.3, 0.4) is 0 Å². The van der Waals surface area contributed by atoms with Crippen molar-refractivity contribution in [2.75, 3.05) is 0 Å². The number of nitrogens with zero attached hydrogens (tertiary/aromatic N) is 2. The van der Waals surface area contributed by atoms with E-state index >= 15 is 0 Å². The zero-order valence-corrected chi connectivity index (χ0v) is 11.0. The van der Waals surface area contributed by atoms with E-state index in [0.717, 1.165) is 11.1 Å². The molecule has 1 atom stereocenters. The quantitative estimate of drug-likeness (QED) is 0.636. The van der Waals surface area contributed by atoms with Crippen molar-refractivity contribution < 1.29 is 14.8 Å². The maximum atomic E-state index is 10.7. The third kappa shape index (κ3) is 3.61. The summed E-state index contributed by atoms with van der Waals surface area (Å²) in [5.74, 6) is -1.05. The minimum atomic E-state index is -1.05. The number of carboxylic acid groups (broad SMARTS) is 1. The minimum Gasteiger partial charge on any atom is -0.480 e. The number of hydrogen-bond acceptors (Lipinski definition) is 5. The third-order valence-corrected chi connectivity index (χ3v) is 2.98. The lowest BCUT2D eigenvalue weighted by Gasteiger charge is -2.07. The van der Waals surface area contributed by atoms with E-state index in [4.69, 9.17) is 10.8 Å². The molecule has 0 spiro atoms. The lowest BCUT2D eigenvalue weighted by atomic mass is 10.0. The fourth-order valence-electron chi connectivity index (χ4n) is 1.82. The molecule has 0 radical (unpaired) electrons. The standard InChI is InChI=1S/C14H13N3O4/c15-12(14(18)19)7-9-1-3-10(4-2-9)13-6-5-11(8-16-13)17(20)21/h1-6,8,12H,7,15H2,(H,18,19). The van der Waals surface area contributed by atoms with Gasteiger partial charge < -0.3 is 10.8 Å². The van der Waals surface area contributed by atoms with E-state index in [1.54, 1.807) is 30.3 Å². The van der Waals surface area contributed by atoms with Gasteiger partial charge in [-0.1, -0.05) is 24.3 Å². The Labute approximate surface area is 120 Å². The first-order chi connectivity index (χ1) is 9.97. The van der Waals surface area contributed by atoms with Crippen LogP contribution in [0.25, 0.3) is 11.3 Å². The first-order valence-electron chi connectivity index (χ1n) is 6.15. The van der Waals surface area contributed by atoms with Gasteiger partial charge in [-0.2, -0.15) is 0 Å². The highest BCUT2D eigenvalue weighted by Crippen LogP contribution is 2.20. The molecule has 2 aromatic rings. The predicted molar refractivity (Wildman–Crippen MR) is 75.6 cm³/mol. The van der Waals surface area contributed by atoms with Crippen LogP contribution >= 0.6 is 0 Å². The van der Waals surface area contributed by atoms with Crippen molar-refractivity contribution in [3.05, 3.63) is 58.3 Å². The van der Waals surface area contributed by atoms with Crippen LogP contribution in [0.15, 0.2) is 42.6 Å². The van der Waals surface area contributed by atoms with Crippen molar-refractivity contribution in [1.82, 2.24) is 4.98 Å². The average molecular weight is 287 g/mol. The fourth-order valence-corrected chi connectivity index (χ4v) is 1.82. The Hall–Kier alpha value is -2.80. The van der Waals surface area contributed by atoms with E-state index in [-0.39, 0.29) is 12.1 Å². The van der Waals surface area contributed by atoms with Crippen LogP contribution in [0.1, 0.15) is 5.56 Å². The van der Waals surface area contributed by atoms with Gasteiger partial charge in [0.15, 0.2) is 0 Å². The largest absolute Gasteiger partial charge is 0.480 e. The van der Waals surface area contributed by atoms with Gasteiger partial charge in [0, 0.05) is 11.6 Å². The van der Waals surface area contributed by atoms with Gasteiger partial charge in [0.2, 0.25) is 0 Å². The Bertz CT molecular complexity index is 653. The molecule has 0 aliphatic carbocycles. The molecule has 0 saturated heterocycles. The molecule has 1 heterocycles. The summed E-state index contributed by atoms with van der Waals surface area (Å²) >= 11 is 0. The van der Waals surface area contributed by atoms with Gasteiger partial charge >= 0.3 is 5.97 Å². The maximum absolute atomic E-state index is 10.7. The molecule has 1 aromatic carbocycles. The summed E-state index contributed by atoms with van der Waals surface area (Å²) in [5.41, 5.74) is 7.60. The van der Waals surface area contributed by atoms with Gasteiger partial charge in [-0.3, -0.25) is 14.9 Å². The Morgan fingerprint density at radius 2 is 1.95 bits per heavy atom. The summed E-state index contributed by atoms with van der Waals surface area (Å²) in [4.78, 5) is 24.8. The number of aromatic nitrogens is 1. The van der Waals surface area contributed by atoms with Gasteiger partial charge in [0.1, 0.15) is 12.2 Å². The molecule has 7 nitrogen and oxygen atoms in total. The second kappa shape index (κ2) is 6.10. The van der Waals surface area contributed by atoms with Crippen molar-refractivity contribution in [2.45, 2.75) is 12.5 Å². The average Bonchev–Trinajstić information content (AvgIpc) is 2.48. The smallest absolute Gasteiger partial charge is 0.320 e. The van der Waals surface area contributed by atoms with E-state index in [9.17, 15) is 14.9 Å². The normalized spacial score (nSPS) is 11.9. The second-order valence-electron chi connectivity index (χ2n) is 4.50. The van der Waals surface area contributed by atoms with Crippen LogP contribution in [-0.4, -0.2) is 27.0 Å². The van der Waals surface area contributed by atoms with Crippen molar-refractivity contribution in [1.29, 1.82) is 0 Å². The van der Waals surface area contributed by atoms with Gasteiger partial charge in [-0.05, 0) is 18.1 Å². The van der Waals surface area contributed by atoms with E-state index in [0.29, 0.717) is 5.69 Å². The number of carboxylic acids is 1. The minimum absolute atomic E-state index is 0.0669. The predicted octanol–water partition coefficient (Wildman–Crippen LogP) is 1.61. The number of carbonyl (C=O) groups is 1. The summed E-state index contributed by atoms with van der Waals surface area (Å²) in [7, 11) is 0. The van der Waals surface area contributed by atoms with E-state index in [1.165, 1.54) is 12.3 Å². The second-order valence-corrected chi connectivity index (χ2v) is 4.50. The molecule has 2 rings (SSSR count). The van der Waals surface area contributed by atoms with Gasteiger partial charge in [-0.15, -0.1) is 0 Å².